The van der Waals surface area contributed by atoms with Gasteiger partial charge < -0.3 is 0 Å². The average molecular weight is 423 g/mol. The van der Waals surface area contributed by atoms with Crippen molar-refractivity contribution in [3.05, 3.63) is 78.3 Å². The number of rotatable bonds is 5. The minimum atomic E-state index is -4.72. The fraction of sp³-hybridized carbons (Fsp3) is 0.0526. The zero-order valence-corrected chi connectivity index (χ0v) is 15.4. The minimum Gasteiger partial charge on any atom is -0.262 e. The molecule has 0 aliphatic heterocycles. The summed E-state index contributed by atoms with van der Waals surface area (Å²) in [4.78, 5) is 7.14. The standard InChI is InChI=1S/C19H13F4N3O2S/c1-2-12-6-3-4-7-13(12)18-14(19(21,22)23)10-11-16(25-18)26-29(27,28)17-9-5-8-15(20)24-17/h2-11H,1H2,(H,25,26). The van der Waals surface area contributed by atoms with Crippen molar-refractivity contribution in [2.45, 2.75) is 11.2 Å². The molecule has 0 aliphatic rings. The molecule has 0 unspecified atom stereocenters. The van der Waals surface area contributed by atoms with Gasteiger partial charge in [-0.3, -0.25) is 4.72 Å². The van der Waals surface area contributed by atoms with E-state index in [9.17, 15) is 26.0 Å². The van der Waals surface area contributed by atoms with Crippen molar-refractivity contribution < 1.29 is 26.0 Å². The maximum atomic E-state index is 13.5. The smallest absolute Gasteiger partial charge is 0.262 e. The second-order valence-electron chi connectivity index (χ2n) is 5.79. The van der Waals surface area contributed by atoms with Gasteiger partial charge in [-0.25, -0.2) is 9.97 Å². The van der Waals surface area contributed by atoms with Crippen LogP contribution in [0.2, 0.25) is 0 Å². The van der Waals surface area contributed by atoms with Gasteiger partial charge in [0.05, 0.1) is 11.3 Å². The molecule has 0 saturated heterocycles. The van der Waals surface area contributed by atoms with Crippen LogP contribution in [-0.2, 0) is 16.2 Å². The van der Waals surface area contributed by atoms with Crippen LogP contribution in [-0.4, -0.2) is 18.4 Å². The molecule has 0 fully saturated rings. The van der Waals surface area contributed by atoms with Crippen LogP contribution in [0.4, 0.5) is 23.4 Å². The van der Waals surface area contributed by atoms with Crippen molar-refractivity contribution in [2.75, 3.05) is 4.72 Å². The predicted molar refractivity (Wildman–Crippen MR) is 99.8 cm³/mol. The molecule has 0 spiro atoms. The Morgan fingerprint density at radius 1 is 0.966 bits per heavy atom. The lowest BCUT2D eigenvalue weighted by atomic mass is 10.00. The molecule has 2 heterocycles. The number of alkyl halides is 3. The zero-order chi connectivity index (χ0) is 21.2. The Labute approximate surface area is 163 Å². The summed E-state index contributed by atoms with van der Waals surface area (Å²) in [6.45, 7) is 3.57. The molecule has 3 rings (SSSR count). The Hall–Kier alpha value is -3.27. The maximum Gasteiger partial charge on any atom is 0.418 e. The zero-order valence-electron chi connectivity index (χ0n) is 14.6. The minimum absolute atomic E-state index is 0.125. The molecule has 0 saturated carbocycles. The third kappa shape index (κ3) is 4.43. The first-order valence-corrected chi connectivity index (χ1v) is 9.55. The summed E-state index contributed by atoms with van der Waals surface area (Å²) in [5, 5.41) is -0.632. The molecule has 0 atom stereocenters. The van der Waals surface area contributed by atoms with Gasteiger partial charge in [-0.2, -0.15) is 26.0 Å². The number of nitrogens with one attached hydrogen (secondary N) is 1. The summed E-state index contributed by atoms with van der Waals surface area (Å²) >= 11 is 0. The quantitative estimate of drug-likeness (QED) is 0.475. The number of nitrogens with zero attached hydrogens (tertiary/aromatic N) is 2. The van der Waals surface area contributed by atoms with E-state index in [4.69, 9.17) is 0 Å². The van der Waals surface area contributed by atoms with E-state index in [1.165, 1.54) is 18.2 Å². The number of pyridine rings is 2. The molecule has 3 aromatic rings. The van der Waals surface area contributed by atoms with Gasteiger partial charge >= 0.3 is 6.18 Å². The first-order valence-electron chi connectivity index (χ1n) is 8.07. The van der Waals surface area contributed by atoms with Gasteiger partial charge in [-0.05, 0) is 29.8 Å². The van der Waals surface area contributed by atoms with Gasteiger partial charge in [0, 0.05) is 5.56 Å². The fourth-order valence-corrected chi connectivity index (χ4v) is 3.53. The normalized spacial score (nSPS) is 11.9. The van der Waals surface area contributed by atoms with E-state index in [0.717, 1.165) is 30.3 Å². The fourth-order valence-electron chi connectivity index (χ4n) is 2.57. The maximum absolute atomic E-state index is 13.5. The summed E-state index contributed by atoms with van der Waals surface area (Å²) < 4.78 is 80.5. The predicted octanol–water partition coefficient (Wildman–Crippen LogP) is 4.75. The molecule has 1 N–H and O–H groups in total. The summed E-state index contributed by atoms with van der Waals surface area (Å²) in [6, 6.07) is 10.9. The lowest BCUT2D eigenvalue weighted by molar-refractivity contribution is -0.137. The molecule has 0 bridgehead atoms. The first-order chi connectivity index (χ1) is 13.6. The lowest BCUT2D eigenvalue weighted by Crippen LogP contribution is -2.17. The number of hydrogen-bond donors (Lipinski definition) is 1. The topological polar surface area (TPSA) is 72.0 Å². The number of anilines is 1. The van der Waals surface area contributed by atoms with Gasteiger partial charge in [-0.15, -0.1) is 0 Å². The van der Waals surface area contributed by atoms with Crippen molar-refractivity contribution in [1.82, 2.24) is 9.97 Å². The molecule has 0 amide bonds. The third-order valence-electron chi connectivity index (χ3n) is 3.84. The highest BCUT2D eigenvalue weighted by Gasteiger charge is 2.35. The molecule has 10 heteroatoms. The van der Waals surface area contributed by atoms with Crippen LogP contribution < -0.4 is 4.72 Å². The van der Waals surface area contributed by atoms with Gasteiger partial charge in [0.15, 0.2) is 5.03 Å². The number of hydrogen-bond acceptors (Lipinski definition) is 4. The van der Waals surface area contributed by atoms with Crippen molar-refractivity contribution >= 4 is 21.9 Å². The number of benzene rings is 1. The van der Waals surface area contributed by atoms with Crippen LogP contribution in [0.5, 0.6) is 0 Å². The molecule has 150 valence electrons. The highest BCUT2D eigenvalue weighted by molar-refractivity contribution is 7.92. The van der Waals surface area contributed by atoms with E-state index in [1.54, 1.807) is 12.1 Å². The number of aromatic nitrogens is 2. The van der Waals surface area contributed by atoms with Gasteiger partial charge in [0.2, 0.25) is 5.95 Å². The van der Waals surface area contributed by atoms with Crippen molar-refractivity contribution in [1.29, 1.82) is 0 Å². The number of sulfonamides is 1. The second-order valence-corrected chi connectivity index (χ2v) is 7.42. The monoisotopic (exact) mass is 423 g/mol. The highest BCUT2D eigenvalue weighted by atomic mass is 32.2. The Morgan fingerprint density at radius 2 is 1.69 bits per heavy atom. The average Bonchev–Trinajstić information content (AvgIpc) is 2.66. The second kappa shape index (κ2) is 7.63. The molecule has 2 aromatic heterocycles. The summed E-state index contributed by atoms with van der Waals surface area (Å²) in [5.74, 6) is -1.40. The van der Waals surface area contributed by atoms with Crippen molar-refractivity contribution in [3.8, 4) is 11.3 Å². The Balaban J connectivity index is 2.12. The van der Waals surface area contributed by atoms with E-state index in [0.29, 0.717) is 5.56 Å². The SMILES string of the molecule is C=Cc1ccccc1-c1nc(NS(=O)(=O)c2cccc(F)n2)ccc1C(F)(F)F. The van der Waals surface area contributed by atoms with Gasteiger partial charge in [-0.1, -0.05) is 43.0 Å². The van der Waals surface area contributed by atoms with Crippen LogP contribution >= 0.6 is 0 Å². The largest absolute Gasteiger partial charge is 0.418 e. The summed E-state index contributed by atoms with van der Waals surface area (Å²) in [6.07, 6.45) is -3.36. The van der Waals surface area contributed by atoms with Crippen LogP contribution in [0.25, 0.3) is 17.3 Å². The first kappa shape index (κ1) is 20.5. The molecular weight excluding hydrogens is 410 g/mol. The number of halogens is 4. The van der Waals surface area contributed by atoms with Gasteiger partial charge in [0.25, 0.3) is 10.0 Å². The lowest BCUT2D eigenvalue weighted by Gasteiger charge is -2.16. The van der Waals surface area contributed by atoms with Crippen LogP contribution in [0, 0.1) is 5.95 Å². The van der Waals surface area contributed by atoms with E-state index in [-0.39, 0.29) is 11.4 Å². The van der Waals surface area contributed by atoms with Crippen LogP contribution in [0.15, 0.2) is 66.2 Å². The van der Waals surface area contributed by atoms with Crippen molar-refractivity contribution in [3.63, 3.8) is 0 Å². The third-order valence-corrected chi connectivity index (χ3v) is 5.10. The molecule has 29 heavy (non-hydrogen) atoms. The van der Waals surface area contributed by atoms with E-state index < -0.39 is 38.4 Å². The van der Waals surface area contributed by atoms with Crippen LogP contribution in [0.1, 0.15) is 11.1 Å². The molecular formula is C19H13F4N3O2S. The summed E-state index contributed by atoms with van der Waals surface area (Å²) in [5.41, 5.74) is -1.00. The molecule has 0 radical (unpaired) electrons. The van der Waals surface area contributed by atoms with E-state index in [2.05, 4.69) is 16.5 Å². The Bertz CT molecular complexity index is 1180. The highest BCUT2D eigenvalue weighted by Crippen LogP contribution is 2.38. The Morgan fingerprint density at radius 3 is 2.34 bits per heavy atom. The molecule has 1 aromatic carbocycles. The van der Waals surface area contributed by atoms with E-state index in [1.807, 2.05) is 4.72 Å². The van der Waals surface area contributed by atoms with Gasteiger partial charge in [0.1, 0.15) is 5.82 Å². The van der Waals surface area contributed by atoms with Crippen molar-refractivity contribution in [2.24, 2.45) is 0 Å². The Kier molecular flexibility index (Phi) is 5.38. The molecule has 5 nitrogen and oxygen atoms in total. The summed E-state index contributed by atoms with van der Waals surface area (Å²) in [7, 11) is -4.36. The molecule has 0 aliphatic carbocycles. The van der Waals surface area contributed by atoms with Crippen LogP contribution in [0.3, 0.4) is 0 Å². The van der Waals surface area contributed by atoms with E-state index >= 15 is 0 Å².